The van der Waals surface area contributed by atoms with Crippen LogP contribution in [-0.4, -0.2) is 46.8 Å². The molecule has 6 rings (SSSR count). The van der Waals surface area contributed by atoms with Crippen molar-refractivity contribution in [3.63, 3.8) is 0 Å². The van der Waals surface area contributed by atoms with E-state index >= 15 is 0 Å². The molecule has 12 heteroatoms. The molecule has 43 heavy (non-hydrogen) atoms. The lowest BCUT2D eigenvalue weighted by Gasteiger charge is -2.23. The van der Waals surface area contributed by atoms with Crippen molar-refractivity contribution < 1.29 is 28.9 Å². The summed E-state index contributed by atoms with van der Waals surface area (Å²) in [5.74, 6) is -0.0134. The molecule has 0 spiro atoms. The molecule has 0 bridgehead atoms. The van der Waals surface area contributed by atoms with Gasteiger partial charge in [-0.05, 0) is 47.5 Å². The number of hydrogen-bond donors (Lipinski definition) is 1. The van der Waals surface area contributed by atoms with E-state index in [2.05, 4.69) is 16.8 Å². The first-order valence-corrected chi connectivity index (χ1v) is 15.4. The van der Waals surface area contributed by atoms with E-state index in [1.165, 1.54) is 28.0 Å². The Morgan fingerprint density at radius 3 is 2.72 bits per heavy atom. The van der Waals surface area contributed by atoms with Gasteiger partial charge in [0, 0.05) is 16.3 Å². The molecular weight excluding hydrogens is 610 g/mol. The van der Waals surface area contributed by atoms with Crippen LogP contribution in [0.15, 0.2) is 89.3 Å². The van der Waals surface area contributed by atoms with Crippen molar-refractivity contribution in [1.29, 1.82) is 0 Å². The minimum Gasteiger partial charge on any atom is -0.507 e. The van der Waals surface area contributed by atoms with Crippen molar-refractivity contribution in [3.8, 4) is 17.2 Å². The molecule has 1 atom stereocenters. The Morgan fingerprint density at radius 1 is 1.09 bits per heavy atom. The molecule has 1 amide bonds. The quantitative estimate of drug-likeness (QED) is 0.0555. The fraction of sp³-hybridized carbons (Fsp3) is 0.161. The molecule has 1 fully saturated rings. The molecule has 1 N–H and O–H groups in total. The monoisotopic (exact) mass is 633 g/mol. The maximum atomic E-state index is 13.6. The number of fused-ring (bicyclic) bond motifs is 1. The minimum absolute atomic E-state index is 0.0944. The zero-order chi connectivity index (χ0) is 29.9. The average Bonchev–Trinajstić information content (AvgIpc) is 3.60. The summed E-state index contributed by atoms with van der Waals surface area (Å²) in [5, 5.41) is 20.9. The van der Waals surface area contributed by atoms with Crippen LogP contribution < -0.4 is 19.1 Å². The highest BCUT2D eigenvalue weighted by molar-refractivity contribution is 8.00. The van der Waals surface area contributed by atoms with Gasteiger partial charge in [-0.3, -0.25) is 14.5 Å². The number of aliphatic hydroxyl groups excluding tert-OH is 1. The van der Waals surface area contributed by atoms with Gasteiger partial charge in [-0.25, -0.2) is 0 Å². The van der Waals surface area contributed by atoms with E-state index in [9.17, 15) is 14.7 Å². The van der Waals surface area contributed by atoms with Gasteiger partial charge in [0.15, 0.2) is 15.8 Å². The smallest absolute Gasteiger partial charge is 0.301 e. The van der Waals surface area contributed by atoms with Crippen molar-refractivity contribution in [2.45, 2.75) is 16.1 Å². The predicted molar refractivity (Wildman–Crippen MR) is 165 cm³/mol. The molecule has 4 aromatic rings. The maximum absolute atomic E-state index is 13.6. The predicted octanol–water partition coefficient (Wildman–Crippen LogP) is 6.45. The van der Waals surface area contributed by atoms with E-state index in [-0.39, 0.29) is 23.1 Å². The maximum Gasteiger partial charge on any atom is 0.301 e. The number of carbonyl (C=O) groups excluding carboxylic acids is 2. The third-order valence-electron chi connectivity index (χ3n) is 6.71. The lowest BCUT2D eigenvalue weighted by molar-refractivity contribution is -0.132. The number of aliphatic hydroxyl groups is 1. The van der Waals surface area contributed by atoms with Crippen LogP contribution in [0.2, 0.25) is 5.02 Å². The first-order valence-electron chi connectivity index (χ1n) is 13.2. The highest BCUT2D eigenvalue weighted by Crippen LogP contribution is 2.45. The summed E-state index contributed by atoms with van der Waals surface area (Å²) < 4.78 is 17.6. The molecule has 0 saturated carbocycles. The molecule has 3 heterocycles. The molecule has 0 aliphatic carbocycles. The summed E-state index contributed by atoms with van der Waals surface area (Å²) in [4.78, 5) is 28.5. The van der Waals surface area contributed by atoms with Gasteiger partial charge >= 0.3 is 5.91 Å². The van der Waals surface area contributed by atoms with Crippen LogP contribution in [-0.2, 0) is 15.3 Å². The first-order chi connectivity index (χ1) is 20.9. The number of aromatic nitrogens is 2. The highest BCUT2D eigenvalue weighted by Gasteiger charge is 2.48. The fourth-order valence-corrected chi connectivity index (χ4v) is 6.89. The van der Waals surface area contributed by atoms with Crippen LogP contribution in [0, 0.1) is 0 Å². The number of Topliss-reactive ketones (excluding diaryl/α,β-unsaturated/α-hetero) is 1. The number of thioether (sulfide) groups is 1. The second-order valence-electron chi connectivity index (χ2n) is 9.43. The Morgan fingerprint density at radius 2 is 1.91 bits per heavy atom. The van der Waals surface area contributed by atoms with E-state index in [1.807, 2.05) is 24.3 Å². The first kappa shape index (κ1) is 28.8. The van der Waals surface area contributed by atoms with Gasteiger partial charge < -0.3 is 19.3 Å². The number of ether oxygens (including phenoxy) is 3. The van der Waals surface area contributed by atoms with Crippen LogP contribution in [0.25, 0.3) is 5.76 Å². The van der Waals surface area contributed by atoms with Gasteiger partial charge in [-0.2, -0.15) is 0 Å². The summed E-state index contributed by atoms with van der Waals surface area (Å²) >= 11 is 8.89. The number of rotatable bonds is 9. The number of anilines is 1. The largest absolute Gasteiger partial charge is 0.507 e. The van der Waals surface area contributed by atoms with Gasteiger partial charge in [0.05, 0.1) is 11.6 Å². The Kier molecular flexibility index (Phi) is 8.37. The van der Waals surface area contributed by atoms with E-state index in [0.29, 0.717) is 56.7 Å². The van der Waals surface area contributed by atoms with E-state index in [0.717, 1.165) is 5.56 Å². The number of benzene rings is 3. The SMILES string of the molecule is C=CCOc1cccc(C2/C(=C(\O)c3ccc4c(c3)OCCO4)C(=O)C(=O)N2c2nnc(SCc3ccccc3Cl)s2)c1. The van der Waals surface area contributed by atoms with E-state index in [1.54, 1.807) is 48.5 Å². The zero-order valence-electron chi connectivity index (χ0n) is 22.6. The van der Waals surface area contributed by atoms with Crippen LogP contribution in [0.5, 0.6) is 17.2 Å². The molecule has 1 aromatic heterocycles. The highest BCUT2D eigenvalue weighted by atomic mass is 35.5. The molecule has 0 radical (unpaired) electrons. The number of ketones is 1. The van der Waals surface area contributed by atoms with Crippen molar-refractivity contribution >= 4 is 57.3 Å². The molecule has 3 aromatic carbocycles. The normalized spacial score (nSPS) is 17.2. The number of nitrogens with zero attached hydrogens (tertiary/aromatic N) is 3. The number of carbonyl (C=O) groups is 2. The van der Waals surface area contributed by atoms with Crippen LogP contribution in [0.4, 0.5) is 5.13 Å². The van der Waals surface area contributed by atoms with Gasteiger partial charge in [0.25, 0.3) is 5.78 Å². The van der Waals surface area contributed by atoms with Crippen molar-refractivity contribution in [3.05, 3.63) is 107 Å². The summed E-state index contributed by atoms with van der Waals surface area (Å²) in [5.41, 5.74) is 1.69. The Balaban J connectivity index is 1.40. The second kappa shape index (κ2) is 12.5. The van der Waals surface area contributed by atoms with E-state index < -0.39 is 17.7 Å². The molecule has 2 aliphatic heterocycles. The Labute approximate surface area is 260 Å². The van der Waals surface area contributed by atoms with Crippen molar-refractivity contribution in [1.82, 2.24) is 10.2 Å². The van der Waals surface area contributed by atoms with Crippen LogP contribution >= 0.6 is 34.7 Å². The van der Waals surface area contributed by atoms with Crippen molar-refractivity contribution in [2.75, 3.05) is 24.7 Å². The van der Waals surface area contributed by atoms with Crippen LogP contribution in [0.3, 0.4) is 0 Å². The third-order valence-corrected chi connectivity index (χ3v) is 9.19. The molecule has 2 aliphatic rings. The van der Waals surface area contributed by atoms with Gasteiger partial charge in [-0.1, -0.05) is 77.7 Å². The number of halogens is 1. The van der Waals surface area contributed by atoms with Gasteiger partial charge in [-0.15, -0.1) is 10.2 Å². The summed E-state index contributed by atoms with van der Waals surface area (Å²) in [6, 6.07) is 18.4. The molecule has 1 unspecified atom stereocenters. The van der Waals surface area contributed by atoms with Gasteiger partial charge in [0.2, 0.25) is 5.13 Å². The van der Waals surface area contributed by atoms with Gasteiger partial charge in [0.1, 0.15) is 31.3 Å². The summed E-state index contributed by atoms with van der Waals surface area (Å²) in [6.07, 6.45) is 1.61. The number of hydrogen-bond acceptors (Lipinski definition) is 10. The summed E-state index contributed by atoms with van der Waals surface area (Å²) in [7, 11) is 0. The molecule has 1 saturated heterocycles. The minimum atomic E-state index is -1.00. The standard InChI is InChI=1S/C31H24ClN3O6S2/c1-2-12-39-21-8-5-7-18(15-21)26-25(27(36)19-10-11-23-24(16-19)41-14-13-40-23)28(37)29(38)35(26)30-33-34-31(43-30)42-17-20-6-3-4-9-22(20)32/h2-11,15-16,26,36H,1,12-14,17H2/b27-25+. The second-order valence-corrected chi connectivity index (χ2v) is 12.0. The zero-order valence-corrected chi connectivity index (χ0v) is 25.0. The molecule has 218 valence electrons. The topological polar surface area (TPSA) is 111 Å². The molecular formula is C31H24ClN3O6S2. The lowest BCUT2D eigenvalue weighted by atomic mass is 9.95. The van der Waals surface area contributed by atoms with Crippen molar-refractivity contribution in [2.24, 2.45) is 0 Å². The number of amides is 1. The Bertz CT molecular complexity index is 1760. The average molecular weight is 634 g/mol. The fourth-order valence-electron chi connectivity index (χ4n) is 4.73. The third kappa shape index (κ3) is 5.83. The molecule has 9 nitrogen and oxygen atoms in total. The van der Waals surface area contributed by atoms with E-state index in [4.69, 9.17) is 25.8 Å². The van der Waals surface area contributed by atoms with Crippen LogP contribution in [0.1, 0.15) is 22.7 Å². The Hall–Kier alpha value is -4.32. The summed E-state index contributed by atoms with van der Waals surface area (Å²) in [6.45, 7) is 4.71. The lowest BCUT2D eigenvalue weighted by Crippen LogP contribution is -2.29.